The summed E-state index contributed by atoms with van der Waals surface area (Å²) in [5.41, 5.74) is -0.668. The van der Waals surface area contributed by atoms with Gasteiger partial charge in [0.1, 0.15) is 11.6 Å². The van der Waals surface area contributed by atoms with E-state index in [4.69, 9.17) is 5.11 Å². The normalized spacial score (nSPS) is 12.7. The molecule has 2 aromatic rings. The Balaban J connectivity index is 2.03. The summed E-state index contributed by atoms with van der Waals surface area (Å²) in [4.78, 5) is 23.3. The van der Waals surface area contributed by atoms with Gasteiger partial charge in [-0.15, -0.1) is 0 Å². The van der Waals surface area contributed by atoms with E-state index < -0.39 is 29.1 Å². The van der Waals surface area contributed by atoms with Crippen molar-refractivity contribution >= 4 is 17.6 Å². The van der Waals surface area contributed by atoms with Gasteiger partial charge in [0.05, 0.1) is 11.9 Å². The molecule has 1 amide bonds. The molecule has 25 heavy (non-hydrogen) atoms. The van der Waals surface area contributed by atoms with Gasteiger partial charge in [-0.25, -0.2) is 13.6 Å². The van der Waals surface area contributed by atoms with Crippen molar-refractivity contribution in [2.24, 2.45) is 0 Å². The number of nitrogens with zero attached hydrogens (tertiary/aromatic N) is 2. The van der Waals surface area contributed by atoms with Crippen LogP contribution in [0.25, 0.3) is 0 Å². The highest BCUT2D eigenvalue weighted by atomic mass is 19.1. The second-order valence-electron chi connectivity index (χ2n) is 6.36. The number of benzene rings is 1. The highest BCUT2D eigenvalue weighted by Gasteiger charge is 2.30. The predicted molar refractivity (Wildman–Crippen MR) is 87.2 cm³/mol. The van der Waals surface area contributed by atoms with Crippen molar-refractivity contribution in [3.8, 4) is 0 Å². The van der Waals surface area contributed by atoms with Crippen molar-refractivity contribution in [1.29, 1.82) is 0 Å². The number of hydrogen-bond acceptors (Lipinski definition) is 3. The summed E-state index contributed by atoms with van der Waals surface area (Å²) in [6, 6.07) is 3.24. The van der Waals surface area contributed by atoms with Crippen molar-refractivity contribution in [3.05, 3.63) is 47.8 Å². The second-order valence-corrected chi connectivity index (χ2v) is 6.36. The number of halogens is 2. The lowest BCUT2D eigenvalue weighted by atomic mass is 9.97. The first-order chi connectivity index (χ1) is 11.6. The number of aromatic nitrogens is 2. The van der Waals surface area contributed by atoms with E-state index in [1.54, 1.807) is 6.92 Å². The maximum Gasteiger partial charge on any atom is 0.331 e. The lowest BCUT2D eigenvalue weighted by Crippen LogP contribution is -2.35. The van der Waals surface area contributed by atoms with Gasteiger partial charge in [-0.3, -0.25) is 9.48 Å². The van der Waals surface area contributed by atoms with Crippen LogP contribution in [0.1, 0.15) is 38.7 Å². The van der Waals surface area contributed by atoms with Crippen molar-refractivity contribution in [2.75, 3.05) is 5.32 Å². The summed E-state index contributed by atoms with van der Waals surface area (Å²) in [5.74, 6) is -3.27. The molecular weight excluding hydrogens is 332 g/mol. The van der Waals surface area contributed by atoms with Gasteiger partial charge in [-0.05, 0) is 31.4 Å². The Labute approximate surface area is 143 Å². The minimum absolute atomic E-state index is 0.0178. The molecule has 1 heterocycles. The van der Waals surface area contributed by atoms with E-state index in [1.165, 1.54) is 37.0 Å². The average Bonchev–Trinajstić information content (AvgIpc) is 2.95. The van der Waals surface area contributed by atoms with E-state index in [0.717, 1.165) is 12.1 Å². The van der Waals surface area contributed by atoms with E-state index in [0.29, 0.717) is 5.69 Å². The predicted octanol–water partition coefficient (Wildman–Crippen LogP) is 3.11. The van der Waals surface area contributed by atoms with E-state index >= 15 is 0 Å². The van der Waals surface area contributed by atoms with Crippen molar-refractivity contribution in [2.45, 2.75) is 38.6 Å². The molecular formula is C17H19F2N3O3. The minimum atomic E-state index is -1.26. The molecule has 6 nitrogen and oxygen atoms in total. The minimum Gasteiger partial charge on any atom is -0.479 e. The number of hydrogen-bond donors (Lipinski definition) is 2. The fourth-order valence-electron chi connectivity index (χ4n) is 2.29. The first-order valence-corrected chi connectivity index (χ1v) is 7.64. The van der Waals surface area contributed by atoms with E-state index in [-0.39, 0.29) is 17.9 Å². The molecule has 1 aromatic heterocycles. The van der Waals surface area contributed by atoms with Crippen LogP contribution >= 0.6 is 0 Å². The number of amides is 1. The highest BCUT2D eigenvalue weighted by Crippen LogP contribution is 2.24. The molecule has 1 unspecified atom stereocenters. The summed E-state index contributed by atoms with van der Waals surface area (Å²) in [7, 11) is 0. The maximum atomic E-state index is 13.7. The molecule has 1 aromatic carbocycles. The molecule has 0 fully saturated rings. The van der Waals surface area contributed by atoms with Gasteiger partial charge >= 0.3 is 5.97 Å². The van der Waals surface area contributed by atoms with Crippen molar-refractivity contribution in [3.63, 3.8) is 0 Å². The number of carbonyl (C=O) groups is 2. The van der Waals surface area contributed by atoms with Gasteiger partial charge < -0.3 is 10.4 Å². The summed E-state index contributed by atoms with van der Waals surface area (Å²) >= 11 is 0. The lowest BCUT2D eigenvalue weighted by molar-refractivity contribution is -0.146. The Hall–Kier alpha value is -2.77. The average molecular weight is 351 g/mol. The molecule has 2 N–H and O–H groups in total. The maximum absolute atomic E-state index is 13.7. The summed E-state index contributed by atoms with van der Waals surface area (Å²) in [5, 5.41) is 15.7. The Bertz CT molecular complexity index is 802. The van der Waals surface area contributed by atoms with Crippen LogP contribution in [-0.4, -0.2) is 26.8 Å². The molecule has 0 aliphatic carbocycles. The van der Waals surface area contributed by atoms with Crippen molar-refractivity contribution in [1.82, 2.24) is 9.78 Å². The molecule has 0 aliphatic heterocycles. The largest absolute Gasteiger partial charge is 0.479 e. The molecule has 0 spiro atoms. The monoisotopic (exact) mass is 351 g/mol. The van der Waals surface area contributed by atoms with Crippen LogP contribution in [0.15, 0.2) is 30.6 Å². The van der Waals surface area contributed by atoms with Gasteiger partial charge in [0.15, 0.2) is 5.54 Å². The summed E-state index contributed by atoms with van der Waals surface area (Å²) < 4.78 is 27.9. The van der Waals surface area contributed by atoms with E-state index in [2.05, 4.69) is 10.4 Å². The SMILES string of the molecule is CC(CC(=O)Nc1cnn(C(C)(C)C(=O)O)c1)c1ccc(F)cc1F. The number of rotatable bonds is 6. The quantitative estimate of drug-likeness (QED) is 0.837. The molecule has 134 valence electrons. The van der Waals surface area contributed by atoms with Gasteiger partial charge in [0, 0.05) is 18.7 Å². The Morgan fingerprint density at radius 1 is 1.36 bits per heavy atom. The third kappa shape index (κ3) is 4.20. The van der Waals surface area contributed by atoms with Gasteiger partial charge in [-0.2, -0.15) is 5.10 Å². The second kappa shape index (κ2) is 7.00. The fourth-order valence-corrected chi connectivity index (χ4v) is 2.29. The van der Waals surface area contributed by atoms with E-state index in [9.17, 15) is 18.4 Å². The summed E-state index contributed by atoms with van der Waals surface area (Å²) in [6.45, 7) is 4.62. The number of aliphatic carboxylic acids is 1. The first-order valence-electron chi connectivity index (χ1n) is 7.64. The van der Waals surface area contributed by atoms with Gasteiger partial charge in [-0.1, -0.05) is 13.0 Å². The van der Waals surface area contributed by atoms with Crippen LogP contribution < -0.4 is 5.32 Å². The molecule has 8 heteroatoms. The number of nitrogens with one attached hydrogen (secondary N) is 1. The third-order valence-corrected chi connectivity index (χ3v) is 3.95. The molecule has 2 rings (SSSR count). The van der Waals surface area contributed by atoms with Crippen LogP contribution in [-0.2, 0) is 15.1 Å². The van der Waals surface area contributed by atoms with Crippen LogP contribution in [0.4, 0.5) is 14.5 Å². The molecule has 0 saturated carbocycles. The Morgan fingerprint density at radius 3 is 2.64 bits per heavy atom. The first kappa shape index (κ1) is 18.6. The van der Waals surface area contributed by atoms with Crippen LogP contribution in [0.5, 0.6) is 0 Å². The zero-order chi connectivity index (χ0) is 18.8. The summed E-state index contributed by atoms with van der Waals surface area (Å²) in [6.07, 6.45) is 2.73. The standard InChI is InChI=1S/C17H19F2N3O3/c1-10(13-5-4-11(18)7-14(13)19)6-15(23)21-12-8-20-22(9-12)17(2,3)16(24)25/h4-5,7-10H,6H2,1-3H3,(H,21,23)(H,24,25). The molecule has 0 aliphatic rings. The number of carboxylic acid groups (broad SMARTS) is 1. The van der Waals surface area contributed by atoms with Crippen LogP contribution in [0, 0.1) is 11.6 Å². The van der Waals surface area contributed by atoms with Gasteiger partial charge in [0.2, 0.25) is 5.91 Å². The zero-order valence-electron chi connectivity index (χ0n) is 14.1. The third-order valence-electron chi connectivity index (χ3n) is 3.95. The highest BCUT2D eigenvalue weighted by molar-refractivity contribution is 5.91. The molecule has 0 radical (unpaired) electrons. The Morgan fingerprint density at radius 2 is 2.04 bits per heavy atom. The van der Waals surface area contributed by atoms with Crippen LogP contribution in [0.3, 0.4) is 0 Å². The van der Waals surface area contributed by atoms with Crippen LogP contribution in [0.2, 0.25) is 0 Å². The topological polar surface area (TPSA) is 84.2 Å². The Kier molecular flexibility index (Phi) is 5.20. The van der Waals surface area contributed by atoms with E-state index in [1.807, 2.05) is 0 Å². The zero-order valence-corrected chi connectivity index (χ0v) is 14.1. The lowest BCUT2D eigenvalue weighted by Gasteiger charge is -2.19. The number of anilines is 1. The molecule has 1 atom stereocenters. The molecule has 0 bridgehead atoms. The van der Waals surface area contributed by atoms with Crippen molar-refractivity contribution < 1.29 is 23.5 Å². The fraction of sp³-hybridized carbons (Fsp3) is 0.353. The smallest absolute Gasteiger partial charge is 0.331 e. The van der Waals surface area contributed by atoms with Gasteiger partial charge in [0.25, 0.3) is 0 Å². The number of carbonyl (C=O) groups excluding carboxylic acids is 1. The number of carboxylic acids is 1. The molecule has 0 saturated heterocycles.